The van der Waals surface area contributed by atoms with Gasteiger partial charge in [0.1, 0.15) is 12.6 Å². The van der Waals surface area contributed by atoms with Crippen molar-refractivity contribution >= 4 is 34.7 Å². The monoisotopic (exact) mass is 343 g/mol. The number of halogens is 1. The van der Waals surface area contributed by atoms with Crippen molar-refractivity contribution < 1.29 is 19.4 Å². The van der Waals surface area contributed by atoms with Crippen molar-refractivity contribution in [1.82, 2.24) is 5.32 Å². The number of hydrogen-bond donors (Lipinski definition) is 2. The van der Waals surface area contributed by atoms with Gasteiger partial charge in [0, 0.05) is 9.84 Å². The molecule has 0 saturated heterocycles. The Labute approximate surface area is 109 Å². The number of carbonyl (C=O) groups excluding carboxylic acids is 1. The zero-order valence-electron chi connectivity index (χ0n) is 9.75. The maximum atomic E-state index is 11.3. The molecule has 0 aromatic heterocycles. The van der Waals surface area contributed by atoms with Gasteiger partial charge in [-0.3, -0.25) is 4.79 Å². The topological polar surface area (TPSA) is 75.6 Å². The summed E-state index contributed by atoms with van der Waals surface area (Å²) < 4.78 is 5.86. The number of aliphatic carboxylic acids is 1. The van der Waals surface area contributed by atoms with E-state index in [1.165, 1.54) is 0 Å². The van der Waals surface area contributed by atoms with Crippen LogP contribution in [-0.2, 0) is 9.53 Å². The van der Waals surface area contributed by atoms with Crippen molar-refractivity contribution in [2.45, 2.75) is 33.3 Å². The molecule has 0 radical (unpaired) electrons. The minimum atomic E-state index is -1.09. The van der Waals surface area contributed by atoms with Gasteiger partial charge in [-0.25, -0.2) is 4.79 Å². The van der Waals surface area contributed by atoms with Gasteiger partial charge >= 0.3 is 12.1 Å². The van der Waals surface area contributed by atoms with Crippen molar-refractivity contribution in [2.75, 3.05) is 11.0 Å². The minimum absolute atomic E-state index is 0.109. The quantitative estimate of drug-likeness (QED) is 0.572. The van der Waals surface area contributed by atoms with Crippen LogP contribution in [0.5, 0.6) is 0 Å². The van der Waals surface area contributed by atoms with Crippen LogP contribution in [0.2, 0.25) is 0 Å². The number of amides is 1. The lowest BCUT2D eigenvalue weighted by Crippen LogP contribution is -2.39. The molecule has 1 atom stereocenters. The molecule has 16 heavy (non-hydrogen) atoms. The first-order valence-corrected chi connectivity index (χ1v) is 6.58. The Kier molecular flexibility index (Phi) is 6.70. The predicted molar refractivity (Wildman–Crippen MR) is 68.9 cm³/mol. The summed E-state index contributed by atoms with van der Waals surface area (Å²) >= 11 is 2.15. The lowest BCUT2D eigenvalue weighted by Gasteiger charge is -2.31. The number of ether oxygens (including phenoxy) is 1. The first kappa shape index (κ1) is 15.5. The summed E-state index contributed by atoms with van der Waals surface area (Å²) in [6.07, 6.45) is -0.00939. The molecular formula is C10H18INO4. The summed E-state index contributed by atoms with van der Waals surface area (Å²) in [5.74, 6) is -1.09. The minimum Gasteiger partial charge on any atom is -0.480 e. The molecule has 1 unspecified atom stereocenters. The summed E-state index contributed by atoms with van der Waals surface area (Å²) in [6.45, 7) is 5.64. The summed E-state index contributed by atoms with van der Waals surface area (Å²) in [4.78, 5) is 21.5. The highest BCUT2D eigenvalue weighted by atomic mass is 127. The van der Waals surface area contributed by atoms with Crippen molar-refractivity contribution in [3.8, 4) is 0 Å². The lowest BCUT2D eigenvalue weighted by atomic mass is 9.85. The molecule has 0 aliphatic heterocycles. The van der Waals surface area contributed by atoms with E-state index >= 15 is 0 Å². The molecule has 0 rings (SSSR count). The van der Waals surface area contributed by atoms with E-state index in [1.807, 2.05) is 20.8 Å². The van der Waals surface area contributed by atoms with Gasteiger partial charge in [0.15, 0.2) is 0 Å². The van der Waals surface area contributed by atoms with Gasteiger partial charge in [-0.15, -0.1) is 0 Å². The Hall–Kier alpha value is -0.530. The Bertz CT molecular complexity index is 255. The summed E-state index contributed by atoms with van der Waals surface area (Å²) in [5.41, 5.74) is -0.109. The molecule has 0 bridgehead atoms. The zero-order chi connectivity index (χ0) is 12.8. The summed E-state index contributed by atoms with van der Waals surface area (Å²) in [5, 5.41) is 10.6. The van der Waals surface area contributed by atoms with Crippen LogP contribution in [0, 0.1) is 5.41 Å². The number of nitrogens with one attached hydrogen (secondary N) is 1. The van der Waals surface area contributed by atoms with Crippen molar-refractivity contribution in [2.24, 2.45) is 5.41 Å². The van der Waals surface area contributed by atoms with E-state index in [9.17, 15) is 9.59 Å². The smallest absolute Gasteiger partial charge is 0.407 e. The van der Waals surface area contributed by atoms with Crippen LogP contribution >= 0.6 is 22.6 Å². The highest BCUT2D eigenvalue weighted by Gasteiger charge is 2.30. The first-order chi connectivity index (χ1) is 7.33. The SMILES string of the molecule is CCC(C)(C)C(CI)OC(=O)NCC(=O)O. The van der Waals surface area contributed by atoms with E-state index in [2.05, 4.69) is 27.9 Å². The van der Waals surface area contributed by atoms with Crippen LogP contribution in [0.3, 0.4) is 0 Å². The van der Waals surface area contributed by atoms with Crippen molar-refractivity contribution in [3.05, 3.63) is 0 Å². The van der Waals surface area contributed by atoms with Crippen LogP contribution in [0.1, 0.15) is 27.2 Å². The molecule has 94 valence electrons. The molecule has 0 aliphatic carbocycles. The fourth-order valence-corrected chi connectivity index (χ4v) is 2.32. The lowest BCUT2D eigenvalue weighted by molar-refractivity contribution is -0.135. The highest BCUT2D eigenvalue weighted by Crippen LogP contribution is 2.28. The largest absolute Gasteiger partial charge is 0.480 e. The van der Waals surface area contributed by atoms with Crippen LogP contribution in [-0.4, -0.2) is 34.2 Å². The average molecular weight is 343 g/mol. The number of carboxylic acid groups (broad SMARTS) is 1. The third kappa shape index (κ3) is 5.53. The van der Waals surface area contributed by atoms with E-state index in [4.69, 9.17) is 9.84 Å². The number of alkyl halides is 1. The van der Waals surface area contributed by atoms with Crippen LogP contribution in [0.25, 0.3) is 0 Å². The average Bonchev–Trinajstić information content (AvgIpc) is 2.22. The Morgan fingerprint density at radius 1 is 1.50 bits per heavy atom. The molecule has 0 aliphatic rings. The molecule has 5 nitrogen and oxygen atoms in total. The predicted octanol–water partition coefficient (Wildman–Crippen LogP) is 2.04. The zero-order valence-corrected chi connectivity index (χ0v) is 11.9. The van der Waals surface area contributed by atoms with Gasteiger partial charge in [-0.2, -0.15) is 0 Å². The fraction of sp³-hybridized carbons (Fsp3) is 0.800. The Morgan fingerprint density at radius 2 is 2.06 bits per heavy atom. The molecule has 0 saturated carbocycles. The highest BCUT2D eigenvalue weighted by molar-refractivity contribution is 14.1. The number of hydrogen-bond acceptors (Lipinski definition) is 3. The molecule has 0 aromatic carbocycles. The number of alkyl carbamates (subject to hydrolysis) is 1. The van der Waals surface area contributed by atoms with Gasteiger partial charge < -0.3 is 15.2 Å². The summed E-state index contributed by atoms with van der Waals surface area (Å²) in [7, 11) is 0. The van der Waals surface area contributed by atoms with Crippen molar-refractivity contribution in [1.29, 1.82) is 0 Å². The molecule has 1 amide bonds. The second-order valence-corrected chi connectivity index (χ2v) is 5.02. The van der Waals surface area contributed by atoms with Crippen LogP contribution < -0.4 is 5.32 Å². The number of carboxylic acids is 1. The molecule has 0 heterocycles. The van der Waals surface area contributed by atoms with Gasteiger partial charge in [0.25, 0.3) is 0 Å². The third-order valence-electron chi connectivity index (χ3n) is 2.56. The van der Waals surface area contributed by atoms with Gasteiger partial charge in [-0.05, 0) is 6.42 Å². The first-order valence-electron chi connectivity index (χ1n) is 5.05. The van der Waals surface area contributed by atoms with E-state index in [-0.39, 0.29) is 11.5 Å². The van der Waals surface area contributed by atoms with Crippen LogP contribution in [0.4, 0.5) is 4.79 Å². The maximum Gasteiger partial charge on any atom is 0.407 e. The normalized spacial score (nSPS) is 13.0. The summed E-state index contributed by atoms with van der Waals surface area (Å²) in [6, 6.07) is 0. The standard InChI is InChI=1S/C10H18INO4/c1-4-10(2,3)7(5-11)16-9(15)12-6-8(13)14/h7H,4-6H2,1-3H3,(H,12,15)(H,13,14). The molecule has 0 spiro atoms. The van der Waals surface area contributed by atoms with E-state index in [0.29, 0.717) is 4.43 Å². The molecule has 0 aromatic rings. The Morgan fingerprint density at radius 3 is 2.44 bits per heavy atom. The molecule has 6 heteroatoms. The number of rotatable bonds is 6. The van der Waals surface area contributed by atoms with Gasteiger partial charge in [0.2, 0.25) is 0 Å². The molecule has 0 fully saturated rings. The third-order valence-corrected chi connectivity index (χ3v) is 3.36. The number of carbonyl (C=O) groups is 2. The van der Waals surface area contributed by atoms with Gasteiger partial charge in [-0.1, -0.05) is 43.4 Å². The second-order valence-electron chi connectivity index (χ2n) is 4.14. The maximum absolute atomic E-state index is 11.3. The molecule has 2 N–H and O–H groups in total. The van der Waals surface area contributed by atoms with E-state index in [0.717, 1.165) is 6.42 Å². The fourth-order valence-electron chi connectivity index (χ4n) is 0.946. The van der Waals surface area contributed by atoms with E-state index < -0.39 is 18.6 Å². The van der Waals surface area contributed by atoms with Crippen LogP contribution in [0.15, 0.2) is 0 Å². The van der Waals surface area contributed by atoms with Crippen molar-refractivity contribution in [3.63, 3.8) is 0 Å². The van der Waals surface area contributed by atoms with E-state index in [1.54, 1.807) is 0 Å². The Balaban J connectivity index is 4.22. The second kappa shape index (κ2) is 6.93. The molecular weight excluding hydrogens is 325 g/mol. The van der Waals surface area contributed by atoms with Gasteiger partial charge in [0.05, 0.1) is 0 Å².